The number of carbonyl (C=O) groups is 1. The minimum absolute atomic E-state index is 0.221. The second-order valence-electron chi connectivity index (χ2n) is 4.67. The molecule has 0 unspecified atom stereocenters. The van der Waals surface area contributed by atoms with E-state index in [0.717, 1.165) is 32.1 Å². The van der Waals surface area contributed by atoms with Crippen molar-refractivity contribution in [2.75, 3.05) is 20.6 Å². The highest BCUT2D eigenvalue weighted by Crippen LogP contribution is 2.33. The number of ketones is 1. The molecule has 0 aliphatic rings. The summed E-state index contributed by atoms with van der Waals surface area (Å²) in [5.74, 6) is 0.221. The van der Waals surface area contributed by atoms with Gasteiger partial charge >= 0.3 is 0 Å². The maximum absolute atomic E-state index is 12.2. The molecule has 0 aliphatic carbocycles. The number of rotatable bonds is 4. The van der Waals surface area contributed by atoms with Crippen LogP contribution in [0.2, 0.25) is 5.02 Å². The van der Waals surface area contributed by atoms with Gasteiger partial charge in [-0.3, -0.25) is 4.79 Å². The van der Waals surface area contributed by atoms with Crippen LogP contribution in [0.1, 0.15) is 21.7 Å². The van der Waals surface area contributed by atoms with Crippen LogP contribution in [0.5, 0.6) is 0 Å². The first-order valence-electron chi connectivity index (χ1n) is 5.85. The Balaban J connectivity index is 2.34. The molecule has 0 saturated carbocycles. The van der Waals surface area contributed by atoms with Crippen LogP contribution in [-0.4, -0.2) is 31.3 Å². The van der Waals surface area contributed by atoms with Gasteiger partial charge in [-0.15, -0.1) is 11.3 Å². The fourth-order valence-corrected chi connectivity index (χ4v) is 3.23. The predicted octanol–water partition coefficient (Wildman–Crippen LogP) is 4.00. The van der Waals surface area contributed by atoms with Gasteiger partial charge < -0.3 is 4.90 Å². The normalized spacial score (nSPS) is 11.4. The quantitative estimate of drug-likeness (QED) is 0.790. The molecule has 0 saturated heterocycles. The number of benzene rings is 1. The van der Waals surface area contributed by atoms with Gasteiger partial charge in [0.25, 0.3) is 0 Å². The van der Waals surface area contributed by atoms with Crippen LogP contribution in [0.25, 0.3) is 10.1 Å². The van der Waals surface area contributed by atoms with Gasteiger partial charge in [0.15, 0.2) is 5.78 Å². The van der Waals surface area contributed by atoms with Gasteiger partial charge in [-0.05, 0) is 50.2 Å². The topological polar surface area (TPSA) is 20.3 Å². The third kappa shape index (κ3) is 2.74. The largest absolute Gasteiger partial charge is 0.309 e. The van der Waals surface area contributed by atoms with Gasteiger partial charge in [-0.25, -0.2) is 0 Å². The molecule has 0 N–H and O–H groups in total. The number of fused-ring (bicyclic) bond motifs is 1. The Morgan fingerprint density at radius 2 is 2.11 bits per heavy atom. The smallest absolute Gasteiger partial charge is 0.174 e. The predicted molar refractivity (Wildman–Crippen MR) is 79.1 cm³/mol. The highest BCUT2D eigenvalue weighted by molar-refractivity contribution is 7.21. The Labute approximate surface area is 116 Å². The van der Waals surface area contributed by atoms with Gasteiger partial charge in [0.2, 0.25) is 0 Å². The number of hydrogen-bond acceptors (Lipinski definition) is 3. The van der Waals surface area contributed by atoms with Crippen molar-refractivity contribution in [3.63, 3.8) is 0 Å². The summed E-state index contributed by atoms with van der Waals surface area (Å²) in [6.07, 6.45) is 0.564. The molecule has 18 heavy (non-hydrogen) atoms. The Kier molecular flexibility index (Phi) is 4.05. The van der Waals surface area contributed by atoms with Crippen LogP contribution < -0.4 is 0 Å². The lowest BCUT2D eigenvalue weighted by Crippen LogP contribution is -2.16. The summed E-state index contributed by atoms with van der Waals surface area (Å²) < 4.78 is 1.13. The Morgan fingerprint density at radius 3 is 2.78 bits per heavy atom. The van der Waals surface area contributed by atoms with E-state index < -0.39 is 0 Å². The Morgan fingerprint density at radius 1 is 1.39 bits per heavy atom. The molecule has 0 fully saturated rings. The molecule has 96 valence electrons. The first kappa shape index (κ1) is 13.5. The molecule has 2 nitrogen and oxygen atoms in total. The highest BCUT2D eigenvalue weighted by atomic mass is 35.5. The number of aryl methyl sites for hydroxylation is 1. The molecule has 1 aromatic heterocycles. The molecule has 2 aromatic rings. The molecular weight excluding hydrogens is 266 g/mol. The first-order chi connectivity index (χ1) is 8.49. The van der Waals surface area contributed by atoms with Crippen LogP contribution in [0, 0.1) is 6.92 Å². The van der Waals surface area contributed by atoms with E-state index in [0.29, 0.717) is 6.42 Å². The van der Waals surface area contributed by atoms with Gasteiger partial charge in [0.05, 0.1) is 4.88 Å². The number of hydrogen-bond donors (Lipinski definition) is 0. The monoisotopic (exact) mass is 281 g/mol. The summed E-state index contributed by atoms with van der Waals surface area (Å²) in [5, 5.41) is 1.82. The second-order valence-corrected chi connectivity index (χ2v) is 6.16. The molecule has 0 radical (unpaired) electrons. The lowest BCUT2D eigenvalue weighted by Gasteiger charge is -2.07. The number of nitrogens with zero attached hydrogens (tertiary/aromatic N) is 1. The summed E-state index contributed by atoms with van der Waals surface area (Å²) in [7, 11) is 3.95. The van der Waals surface area contributed by atoms with Crippen molar-refractivity contribution in [3.8, 4) is 0 Å². The highest BCUT2D eigenvalue weighted by Gasteiger charge is 2.15. The van der Waals surface area contributed by atoms with Crippen LogP contribution in [-0.2, 0) is 0 Å². The van der Waals surface area contributed by atoms with Crippen molar-refractivity contribution < 1.29 is 4.79 Å². The Hall–Kier alpha value is -0.900. The fourth-order valence-electron chi connectivity index (χ4n) is 1.90. The Bertz CT molecular complexity index is 589. The van der Waals surface area contributed by atoms with Crippen molar-refractivity contribution in [3.05, 3.63) is 33.7 Å². The minimum Gasteiger partial charge on any atom is -0.309 e. The van der Waals surface area contributed by atoms with Crippen molar-refractivity contribution >= 4 is 38.8 Å². The molecule has 2 rings (SSSR count). The third-order valence-electron chi connectivity index (χ3n) is 2.94. The average molecular weight is 282 g/mol. The van der Waals surface area contributed by atoms with Crippen molar-refractivity contribution in [2.45, 2.75) is 13.3 Å². The number of thiophene rings is 1. The van der Waals surface area contributed by atoms with E-state index in [2.05, 4.69) is 0 Å². The number of carbonyl (C=O) groups excluding carboxylic acids is 1. The molecule has 1 aromatic carbocycles. The maximum Gasteiger partial charge on any atom is 0.174 e. The summed E-state index contributed by atoms with van der Waals surface area (Å²) in [4.78, 5) is 15.1. The van der Waals surface area contributed by atoms with E-state index in [1.54, 1.807) is 11.3 Å². The van der Waals surface area contributed by atoms with Crippen LogP contribution >= 0.6 is 22.9 Å². The summed E-state index contributed by atoms with van der Waals surface area (Å²) in [5.41, 5.74) is 1.06. The minimum atomic E-state index is 0.221. The number of halogens is 1. The zero-order valence-electron chi connectivity index (χ0n) is 10.8. The van der Waals surface area contributed by atoms with Crippen LogP contribution in [0.15, 0.2) is 18.2 Å². The van der Waals surface area contributed by atoms with E-state index in [1.807, 2.05) is 44.1 Å². The van der Waals surface area contributed by atoms with Crippen molar-refractivity contribution in [2.24, 2.45) is 0 Å². The number of Topliss-reactive ketones (excluding diaryl/α,β-unsaturated/α-hetero) is 1. The average Bonchev–Trinajstić information content (AvgIpc) is 2.64. The fraction of sp³-hybridized carbons (Fsp3) is 0.357. The molecule has 0 amide bonds. The van der Waals surface area contributed by atoms with Crippen molar-refractivity contribution in [1.29, 1.82) is 0 Å². The molecule has 0 aliphatic heterocycles. The molecule has 0 atom stereocenters. The molecule has 4 heteroatoms. The van der Waals surface area contributed by atoms with Gasteiger partial charge in [0.1, 0.15) is 0 Å². The molecule has 0 spiro atoms. The zero-order chi connectivity index (χ0) is 13.3. The SMILES string of the molecule is Cc1c(C(=O)CCN(C)C)sc2ccc(Cl)cc12. The van der Waals surface area contributed by atoms with E-state index in [1.165, 1.54) is 0 Å². The summed E-state index contributed by atoms with van der Waals surface area (Å²) in [6.45, 7) is 2.78. The first-order valence-corrected chi connectivity index (χ1v) is 7.05. The van der Waals surface area contributed by atoms with Gasteiger partial charge in [0, 0.05) is 22.7 Å². The van der Waals surface area contributed by atoms with E-state index >= 15 is 0 Å². The standard InChI is InChI=1S/C14H16ClNOS/c1-9-11-8-10(15)4-5-13(11)18-14(9)12(17)6-7-16(2)3/h4-5,8H,6-7H2,1-3H3. The van der Waals surface area contributed by atoms with Crippen LogP contribution in [0.3, 0.4) is 0 Å². The second kappa shape index (κ2) is 5.39. The molecule has 1 heterocycles. The molecule has 0 bridgehead atoms. The third-order valence-corrected chi connectivity index (χ3v) is 4.49. The lowest BCUT2D eigenvalue weighted by molar-refractivity contribution is 0.0976. The summed E-state index contributed by atoms with van der Waals surface area (Å²) in [6, 6.07) is 5.79. The van der Waals surface area contributed by atoms with E-state index in [-0.39, 0.29) is 5.78 Å². The molecular formula is C14H16ClNOS. The van der Waals surface area contributed by atoms with Gasteiger partial charge in [-0.2, -0.15) is 0 Å². The van der Waals surface area contributed by atoms with E-state index in [9.17, 15) is 4.79 Å². The zero-order valence-corrected chi connectivity index (χ0v) is 12.4. The van der Waals surface area contributed by atoms with Crippen molar-refractivity contribution in [1.82, 2.24) is 4.90 Å². The van der Waals surface area contributed by atoms with Gasteiger partial charge in [-0.1, -0.05) is 11.6 Å². The van der Waals surface area contributed by atoms with E-state index in [4.69, 9.17) is 11.6 Å². The van der Waals surface area contributed by atoms with Crippen LogP contribution in [0.4, 0.5) is 0 Å². The summed E-state index contributed by atoms with van der Waals surface area (Å²) >= 11 is 7.56. The maximum atomic E-state index is 12.2. The lowest BCUT2D eigenvalue weighted by atomic mass is 10.1.